The second kappa shape index (κ2) is 4.66. The summed E-state index contributed by atoms with van der Waals surface area (Å²) in [5.74, 6) is -0.261. The molecule has 106 valence electrons. The SMILES string of the molecule is O=c1c2ccc(F)cc2ncn1C1CCS(=O)(=O)CC1. The van der Waals surface area contributed by atoms with E-state index in [1.165, 1.54) is 29.1 Å². The number of nitrogens with zero attached hydrogens (tertiary/aromatic N) is 2. The third-order valence-corrected chi connectivity index (χ3v) is 5.38. The van der Waals surface area contributed by atoms with E-state index in [9.17, 15) is 17.6 Å². The van der Waals surface area contributed by atoms with Crippen molar-refractivity contribution in [3.05, 3.63) is 40.7 Å². The second-order valence-corrected chi connectivity index (χ2v) is 7.31. The lowest BCUT2D eigenvalue weighted by molar-refractivity contribution is 0.436. The van der Waals surface area contributed by atoms with Crippen LogP contribution in [0.5, 0.6) is 0 Å². The first-order valence-electron chi connectivity index (χ1n) is 6.33. The number of benzene rings is 1. The van der Waals surface area contributed by atoms with Crippen molar-refractivity contribution < 1.29 is 12.8 Å². The van der Waals surface area contributed by atoms with Crippen LogP contribution in [0.4, 0.5) is 4.39 Å². The number of sulfone groups is 1. The fourth-order valence-electron chi connectivity index (χ4n) is 2.52. The molecule has 0 spiro atoms. The lowest BCUT2D eigenvalue weighted by Gasteiger charge is -2.23. The first-order chi connectivity index (χ1) is 9.46. The largest absolute Gasteiger partial charge is 0.296 e. The van der Waals surface area contributed by atoms with Gasteiger partial charge in [-0.25, -0.2) is 17.8 Å². The number of hydrogen-bond donors (Lipinski definition) is 0. The summed E-state index contributed by atoms with van der Waals surface area (Å²) in [4.78, 5) is 16.4. The van der Waals surface area contributed by atoms with E-state index < -0.39 is 15.7 Å². The van der Waals surface area contributed by atoms with E-state index in [0.29, 0.717) is 23.7 Å². The fourth-order valence-corrected chi connectivity index (χ4v) is 3.99. The predicted octanol–water partition coefficient (Wildman–Crippen LogP) is 1.29. The Morgan fingerprint density at radius 1 is 1.25 bits per heavy atom. The van der Waals surface area contributed by atoms with Crippen molar-refractivity contribution in [1.29, 1.82) is 0 Å². The van der Waals surface area contributed by atoms with Gasteiger partial charge in [-0.1, -0.05) is 0 Å². The number of rotatable bonds is 1. The van der Waals surface area contributed by atoms with Crippen molar-refractivity contribution in [2.24, 2.45) is 0 Å². The van der Waals surface area contributed by atoms with E-state index >= 15 is 0 Å². The van der Waals surface area contributed by atoms with Crippen LogP contribution in [0.3, 0.4) is 0 Å². The fraction of sp³-hybridized carbons (Fsp3) is 0.385. The maximum absolute atomic E-state index is 13.1. The van der Waals surface area contributed by atoms with Gasteiger partial charge in [-0.2, -0.15) is 0 Å². The molecule has 0 N–H and O–H groups in total. The zero-order valence-electron chi connectivity index (χ0n) is 10.6. The summed E-state index contributed by atoms with van der Waals surface area (Å²) >= 11 is 0. The highest BCUT2D eigenvalue weighted by atomic mass is 32.2. The zero-order valence-corrected chi connectivity index (χ0v) is 11.4. The maximum atomic E-state index is 13.1. The summed E-state index contributed by atoms with van der Waals surface area (Å²) in [5.41, 5.74) is 0.0639. The van der Waals surface area contributed by atoms with Crippen molar-refractivity contribution in [1.82, 2.24) is 9.55 Å². The monoisotopic (exact) mass is 296 g/mol. The van der Waals surface area contributed by atoms with Crippen molar-refractivity contribution >= 4 is 20.7 Å². The maximum Gasteiger partial charge on any atom is 0.261 e. The first-order valence-corrected chi connectivity index (χ1v) is 8.15. The van der Waals surface area contributed by atoms with Gasteiger partial charge in [0.25, 0.3) is 5.56 Å². The van der Waals surface area contributed by atoms with Crippen molar-refractivity contribution in [3.8, 4) is 0 Å². The van der Waals surface area contributed by atoms with Gasteiger partial charge >= 0.3 is 0 Å². The summed E-state index contributed by atoms with van der Waals surface area (Å²) in [5, 5.41) is 0.349. The predicted molar refractivity (Wildman–Crippen MR) is 72.9 cm³/mol. The molecule has 0 unspecified atom stereocenters. The smallest absolute Gasteiger partial charge is 0.261 e. The molecule has 0 bridgehead atoms. The third kappa shape index (κ3) is 2.33. The molecule has 1 saturated heterocycles. The molecule has 1 aromatic heterocycles. The molecular weight excluding hydrogens is 283 g/mol. The topological polar surface area (TPSA) is 69.0 Å². The average molecular weight is 296 g/mol. The van der Waals surface area contributed by atoms with E-state index in [1.807, 2.05) is 0 Å². The van der Waals surface area contributed by atoms with Gasteiger partial charge in [0.05, 0.1) is 28.7 Å². The minimum absolute atomic E-state index is 0.0889. The van der Waals surface area contributed by atoms with Gasteiger partial charge in [0.2, 0.25) is 0 Å². The van der Waals surface area contributed by atoms with Crippen LogP contribution < -0.4 is 5.56 Å². The Kier molecular flexibility index (Phi) is 3.08. The Balaban J connectivity index is 2.03. The highest BCUT2D eigenvalue weighted by molar-refractivity contribution is 7.91. The second-order valence-electron chi connectivity index (χ2n) is 5.00. The van der Waals surface area contributed by atoms with Crippen LogP contribution in [-0.2, 0) is 9.84 Å². The number of aromatic nitrogens is 2. The van der Waals surface area contributed by atoms with E-state index in [1.54, 1.807) is 0 Å². The van der Waals surface area contributed by atoms with Crippen LogP contribution >= 0.6 is 0 Å². The summed E-state index contributed by atoms with van der Waals surface area (Å²) in [7, 11) is -2.97. The van der Waals surface area contributed by atoms with Crippen molar-refractivity contribution in [2.45, 2.75) is 18.9 Å². The average Bonchev–Trinajstić information content (AvgIpc) is 2.40. The molecule has 3 rings (SSSR count). The molecule has 0 amide bonds. The molecule has 0 atom stereocenters. The molecule has 20 heavy (non-hydrogen) atoms. The van der Waals surface area contributed by atoms with Crippen LogP contribution in [-0.4, -0.2) is 29.5 Å². The van der Waals surface area contributed by atoms with Gasteiger partial charge < -0.3 is 0 Å². The molecule has 1 aliphatic rings. The molecule has 5 nitrogen and oxygen atoms in total. The Labute approximate surface area is 115 Å². The van der Waals surface area contributed by atoms with E-state index in [2.05, 4.69) is 4.98 Å². The summed E-state index contributed by atoms with van der Waals surface area (Å²) in [6, 6.07) is 3.69. The van der Waals surface area contributed by atoms with Crippen LogP contribution in [0, 0.1) is 5.82 Å². The Morgan fingerprint density at radius 2 is 1.95 bits per heavy atom. The lowest BCUT2D eigenvalue weighted by atomic mass is 10.1. The van der Waals surface area contributed by atoms with E-state index in [0.717, 1.165) is 0 Å². The Bertz CT molecular complexity index is 815. The molecule has 7 heteroatoms. The summed E-state index contributed by atoms with van der Waals surface area (Å²) in [6.45, 7) is 0. The number of fused-ring (bicyclic) bond motifs is 1. The molecule has 1 aromatic carbocycles. The van der Waals surface area contributed by atoms with Crippen LogP contribution in [0.2, 0.25) is 0 Å². The Hall–Kier alpha value is -1.76. The van der Waals surface area contributed by atoms with E-state index in [4.69, 9.17) is 0 Å². The standard InChI is InChI=1S/C13H13FN2O3S/c14-9-1-2-11-12(7-9)15-8-16(13(11)17)10-3-5-20(18,19)6-4-10/h1-2,7-8,10H,3-6H2. The summed E-state index contributed by atoms with van der Waals surface area (Å²) in [6.07, 6.45) is 2.21. The van der Waals surface area contributed by atoms with Gasteiger partial charge in [-0.05, 0) is 25.0 Å². The van der Waals surface area contributed by atoms with E-state index in [-0.39, 0.29) is 23.1 Å². The van der Waals surface area contributed by atoms with Gasteiger partial charge in [0.1, 0.15) is 15.7 Å². The molecular formula is C13H13FN2O3S. The van der Waals surface area contributed by atoms with Gasteiger partial charge in [0, 0.05) is 12.1 Å². The molecule has 0 radical (unpaired) electrons. The van der Waals surface area contributed by atoms with Crippen LogP contribution in [0.25, 0.3) is 10.9 Å². The van der Waals surface area contributed by atoms with Crippen LogP contribution in [0.1, 0.15) is 18.9 Å². The molecule has 1 fully saturated rings. The van der Waals surface area contributed by atoms with Crippen LogP contribution in [0.15, 0.2) is 29.3 Å². The number of halogens is 1. The highest BCUT2D eigenvalue weighted by Crippen LogP contribution is 2.22. The molecule has 0 saturated carbocycles. The Morgan fingerprint density at radius 3 is 2.65 bits per heavy atom. The quantitative estimate of drug-likeness (QED) is 0.795. The zero-order chi connectivity index (χ0) is 14.3. The summed E-state index contributed by atoms with van der Waals surface area (Å²) < 4.78 is 37.4. The first kappa shape index (κ1) is 13.2. The van der Waals surface area contributed by atoms with Gasteiger partial charge in [-0.3, -0.25) is 9.36 Å². The van der Waals surface area contributed by atoms with Gasteiger partial charge in [-0.15, -0.1) is 0 Å². The third-order valence-electron chi connectivity index (χ3n) is 3.66. The minimum Gasteiger partial charge on any atom is -0.296 e. The molecule has 1 aliphatic heterocycles. The highest BCUT2D eigenvalue weighted by Gasteiger charge is 2.25. The molecule has 2 aromatic rings. The van der Waals surface area contributed by atoms with Crippen molar-refractivity contribution in [2.75, 3.05) is 11.5 Å². The number of hydrogen-bond acceptors (Lipinski definition) is 4. The molecule has 0 aliphatic carbocycles. The van der Waals surface area contributed by atoms with Gasteiger partial charge in [0.15, 0.2) is 0 Å². The lowest BCUT2D eigenvalue weighted by Crippen LogP contribution is -2.32. The normalized spacial score (nSPS) is 19.2. The minimum atomic E-state index is -2.97. The molecule has 2 heterocycles. The van der Waals surface area contributed by atoms with Crippen molar-refractivity contribution in [3.63, 3.8) is 0 Å².